The van der Waals surface area contributed by atoms with Crippen LogP contribution in [-0.4, -0.2) is 51.1 Å². The molecule has 0 saturated heterocycles. The second-order valence-corrected chi connectivity index (χ2v) is 7.12. The highest BCUT2D eigenvalue weighted by atomic mass is 127. The summed E-state index contributed by atoms with van der Waals surface area (Å²) in [6.45, 7) is 6.09. The van der Waals surface area contributed by atoms with Crippen molar-refractivity contribution < 1.29 is 0 Å². The van der Waals surface area contributed by atoms with E-state index in [1.54, 1.807) is 0 Å². The summed E-state index contributed by atoms with van der Waals surface area (Å²) in [6.07, 6.45) is 7.50. The highest BCUT2D eigenvalue weighted by Crippen LogP contribution is 2.08. The summed E-state index contributed by atoms with van der Waals surface area (Å²) < 4.78 is 0. The van der Waals surface area contributed by atoms with Crippen LogP contribution in [0.5, 0.6) is 0 Å². The van der Waals surface area contributed by atoms with Gasteiger partial charge in [0, 0.05) is 24.5 Å². The molecular formula is C18H35IN4S. The fourth-order valence-corrected chi connectivity index (χ4v) is 3.07. The summed E-state index contributed by atoms with van der Waals surface area (Å²) in [6, 6.07) is 4.30. The molecule has 4 nitrogen and oxygen atoms in total. The van der Waals surface area contributed by atoms with Crippen molar-refractivity contribution in [1.29, 1.82) is 0 Å². The van der Waals surface area contributed by atoms with Gasteiger partial charge in [-0.05, 0) is 58.3 Å². The van der Waals surface area contributed by atoms with Crippen LogP contribution in [0.2, 0.25) is 0 Å². The van der Waals surface area contributed by atoms with Gasteiger partial charge >= 0.3 is 0 Å². The van der Waals surface area contributed by atoms with Crippen molar-refractivity contribution in [2.45, 2.75) is 45.4 Å². The molecule has 0 bridgehead atoms. The number of hydrogen-bond donors (Lipinski definition) is 2. The molecule has 0 fully saturated rings. The van der Waals surface area contributed by atoms with E-state index in [1.807, 2.05) is 11.3 Å². The first-order valence-electron chi connectivity index (χ1n) is 8.91. The van der Waals surface area contributed by atoms with E-state index in [2.05, 4.69) is 59.1 Å². The van der Waals surface area contributed by atoms with Crippen LogP contribution in [0.15, 0.2) is 22.5 Å². The molecule has 0 aromatic carbocycles. The maximum atomic E-state index is 4.67. The van der Waals surface area contributed by atoms with E-state index in [0.29, 0.717) is 0 Å². The lowest BCUT2D eigenvalue weighted by Crippen LogP contribution is -2.38. The van der Waals surface area contributed by atoms with Crippen molar-refractivity contribution >= 4 is 41.3 Å². The molecule has 0 saturated carbocycles. The van der Waals surface area contributed by atoms with Crippen molar-refractivity contribution in [2.75, 3.05) is 40.3 Å². The molecule has 140 valence electrons. The Hall–Kier alpha value is -0.340. The average Bonchev–Trinajstić information content (AvgIpc) is 3.03. The molecule has 1 rings (SSSR count). The third-order valence-electron chi connectivity index (χ3n) is 3.62. The fourth-order valence-electron chi connectivity index (χ4n) is 2.36. The third-order valence-corrected chi connectivity index (χ3v) is 4.56. The minimum atomic E-state index is 0. The van der Waals surface area contributed by atoms with Crippen LogP contribution in [0.25, 0.3) is 0 Å². The lowest BCUT2D eigenvalue weighted by atomic mass is 10.1. The molecule has 0 aliphatic carbocycles. The molecule has 0 atom stereocenters. The molecule has 1 heterocycles. The Morgan fingerprint density at radius 2 is 1.88 bits per heavy atom. The Bertz CT molecular complexity index is 407. The van der Waals surface area contributed by atoms with Crippen molar-refractivity contribution in [3.8, 4) is 0 Å². The lowest BCUT2D eigenvalue weighted by Gasteiger charge is -2.11. The first kappa shape index (κ1) is 23.7. The number of aliphatic imine (C=N–C) groups is 1. The van der Waals surface area contributed by atoms with Crippen LogP contribution in [0.4, 0.5) is 0 Å². The largest absolute Gasteiger partial charge is 0.357 e. The summed E-state index contributed by atoms with van der Waals surface area (Å²) >= 11 is 1.82. The molecule has 0 aliphatic rings. The van der Waals surface area contributed by atoms with Gasteiger partial charge in [0.1, 0.15) is 0 Å². The Balaban J connectivity index is 0.00000529. The van der Waals surface area contributed by atoms with Crippen LogP contribution in [-0.2, 0) is 6.42 Å². The van der Waals surface area contributed by atoms with Crippen molar-refractivity contribution in [1.82, 2.24) is 15.5 Å². The smallest absolute Gasteiger partial charge is 0.191 e. The molecule has 0 radical (unpaired) electrons. The molecule has 6 heteroatoms. The zero-order valence-electron chi connectivity index (χ0n) is 15.5. The van der Waals surface area contributed by atoms with Gasteiger partial charge in [-0.3, -0.25) is 4.99 Å². The number of guanidine groups is 1. The van der Waals surface area contributed by atoms with Gasteiger partial charge in [0.05, 0.1) is 0 Å². The zero-order valence-corrected chi connectivity index (χ0v) is 18.7. The monoisotopic (exact) mass is 466 g/mol. The van der Waals surface area contributed by atoms with Gasteiger partial charge in [0.25, 0.3) is 0 Å². The molecule has 0 spiro atoms. The van der Waals surface area contributed by atoms with Crippen molar-refractivity contribution in [3.63, 3.8) is 0 Å². The van der Waals surface area contributed by atoms with Gasteiger partial charge in [-0.25, -0.2) is 0 Å². The van der Waals surface area contributed by atoms with E-state index < -0.39 is 0 Å². The van der Waals surface area contributed by atoms with Gasteiger partial charge in [-0.15, -0.1) is 35.3 Å². The molecule has 0 aliphatic heterocycles. The van der Waals surface area contributed by atoms with Crippen molar-refractivity contribution in [2.24, 2.45) is 4.99 Å². The number of nitrogens with zero attached hydrogens (tertiary/aromatic N) is 2. The van der Waals surface area contributed by atoms with Crippen LogP contribution < -0.4 is 10.6 Å². The van der Waals surface area contributed by atoms with Crippen molar-refractivity contribution in [3.05, 3.63) is 22.4 Å². The Labute approximate surface area is 169 Å². The number of nitrogens with one attached hydrogen (secondary N) is 2. The molecule has 1 aromatic rings. The summed E-state index contributed by atoms with van der Waals surface area (Å²) in [4.78, 5) is 8.35. The number of unbranched alkanes of at least 4 members (excludes halogenated alkanes) is 4. The molecule has 2 N–H and O–H groups in total. The second-order valence-electron chi connectivity index (χ2n) is 6.09. The third kappa shape index (κ3) is 13.0. The summed E-state index contributed by atoms with van der Waals surface area (Å²) in [5.41, 5.74) is 0. The first-order chi connectivity index (χ1) is 11.2. The number of hydrogen-bond acceptors (Lipinski definition) is 3. The van der Waals surface area contributed by atoms with E-state index in [9.17, 15) is 0 Å². The van der Waals surface area contributed by atoms with Crippen LogP contribution >= 0.6 is 35.3 Å². The highest BCUT2D eigenvalue weighted by molar-refractivity contribution is 14.0. The number of rotatable bonds is 12. The van der Waals surface area contributed by atoms with Crippen LogP contribution in [0, 0.1) is 0 Å². The predicted molar refractivity (Wildman–Crippen MR) is 119 cm³/mol. The van der Waals surface area contributed by atoms with Crippen LogP contribution in [0.3, 0.4) is 0 Å². The first-order valence-corrected chi connectivity index (χ1v) is 9.79. The normalized spacial score (nSPS) is 11.4. The Morgan fingerprint density at radius 1 is 1.12 bits per heavy atom. The maximum absolute atomic E-state index is 4.67. The van der Waals surface area contributed by atoms with E-state index in [4.69, 9.17) is 0 Å². The minimum Gasteiger partial charge on any atom is -0.357 e. The minimum absolute atomic E-state index is 0. The average molecular weight is 466 g/mol. The highest BCUT2D eigenvalue weighted by Gasteiger charge is 1.98. The summed E-state index contributed by atoms with van der Waals surface area (Å²) in [5, 5.41) is 8.88. The zero-order chi connectivity index (χ0) is 16.8. The Kier molecular flexibility index (Phi) is 15.9. The standard InChI is InChI=1S/C18H34N4S.HI/c1-4-19-18(21-14-12-17-11-10-16-23-17)20-13-8-6-5-7-9-15-22(2)3;/h10-11,16H,4-9,12-15H2,1-3H3,(H2,19,20,21);1H. The van der Waals surface area contributed by atoms with Gasteiger partial charge in [-0.2, -0.15) is 0 Å². The molecular weight excluding hydrogens is 431 g/mol. The number of halogens is 1. The maximum Gasteiger partial charge on any atom is 0.191 e. The number of thiophene rings is 1. The fraction of sp³-hybridized carbons (Fsp3) is 0.722. The molecule has 0 unspecified atom stereocenters. The predicted octanol–water partition coefficient (Wildman–Crippen LogP) is 3.98. The van der Waals surface area contributed by atoms with Gasteiger partial charge in [0.2, 0.25) is 0 Å². The van der Waals surface area contributed by atoms with E-state index >= 15 is 0 Å². The van der Waals surface area contributed by atoms with Gasteiger partial charge < -0.3 is 15.5 Å². The quantitative estimate of drug-likeness (QED) is 0.212. The Morgan fingerprint density at radius 3 is 2.54 bits per heavy atom. The van der Waals surface area contributed by atoms with E-state index in [1.165, 1.54) is 43.5 Å². The second kappa shape index (κ2) is 16.1. The van der Waals surface area contributed by atoms with Gasteiger partial charge in [-0.1, -0.05) is 25.3 Å². The SMILES string of the molecule is CCNC(=NCCCCCCCN(C)C)NCCc1cccs1.I. The summed E-state index contributed by atoms with van der Waals surface area (Å²) in [5.74, 6) is 0.955. The topological polar surface area (TPSA) is 39.7 Å². The van der Waals surface area contributed by atoms with E-state index in [-0.39, 0.29) is 24.0 Å². The lowest BCUT2D eigenvalue weighted by molar-refractivity contribution is 0.390. The molecule has 0 amide bonds. The molecule has 24 heavy (non-hydrogen) atoms. The molecule has 1 aromatic heterocycles. The van der Waals surface area contributed by atoms with E-state index in [0.717, 1.165) is 32.0 Å². The van der Waals surface area contributed by atoms with Crippen LogP contribution in [0.1, 0.15) is 43.9 Å². The van der Waals surface area contributed by atoms with Gasteiger partial charge in [0.15, 0.2) is 5.96 Å². The summed E-state index contributed by atoms with van der Waals surface area (Å²) in [7, 11) is 4.28.